The van der Waals surface area contributed by atoms with Crippen LogP contribution in [-0.2, 0) is 6.42 Å². The molecule has 2 nitrogen and oxygen atoms in total. The second-order valence-electron chi connectivity index (χ2n) is 10.2. The molecule has 2 heterocycles. The molecule has 0 atom stereocenters. The molecule has 3 heteroatoms. The summed E-state index contributed by atoms with van der Waals surface area (Å²) in [6.07, 6.45) is 0.972. The Kier molecular flexibility index (Phi) is 5.58. The van der Waals surface area contributed by atoms with Crippen LogP contribution in [0, 0.1) is 0 Å². The fourth-order valence-corrected chi connectivity index (χ4v) is 8.18. The van der Waals surface area contributed by atoms with Crippen molar-refractivity contribution in [1.29, 1.82) is 0 Å². The molecule has 40 heavy (non-hydrogen) atoms. The van der Waals surface area contributed by atoms with Crippen LogP contribution in [0.1, 0.15) is 11.1 Å². The van der Waals surface area contributed by atoms with Crippen molar-refractivity contribution in [3.05, 3.63) is 157 Å². The van der Waals surface area contributed by atoms with Crippen molar-refractivity contribution >= 4 is 58.0 Å². The van der Waals surface area contributed by atoms with Crippen LogP contribution < -0.4 is 18.7 Å². The summed E-state index contributed by atoms with van der Waals surface area (Å²) in [7, 11) is 0. The summed E-state index contributed by atoms with van der Waals surface area (Å²) >= 11 is 0.320. The third kappa shape index (κ3) is 3.86. The van der Waals surface area contributed by atoms with Gasteiger partial charge in [0, 0.05) is 17.8 Å². The van der Waals surface area contributed by atoms with Gasteiger partial charge < -0.3 is 0 Å². The van der Waals surface area contributed by atoms with E-state index >= 15 is 0 Å². The molecule has 0 unspecified atom stereocenters. The van der Waals surface area contributed by atoms with E-state index in [0.29, 0.717) is 15.0 Å². The van der Waals surface area contributed by atoms with Gasteiger partial charge in [-0.3, -0.25) is 0 Å². The predicted octanol–water partition coefficient (Wildman–Crippen LogP) is 8.17. The Morgan fingerprint density at radius 3 is 1.23 bits per heavy atom. The summed E-state index contributed by atoms with van der Waals surface area (Å²) in [5.74, 6) is 0. The fraction of sp³-hybridized carbons (Fsp3) is 0.0270. The Hall–Kier alpha value is -4.56. The first-order chi connectivity index (χ1) is 19.8. The summed E-state index contributed by atoms with van der Waals surface area (Å²) in [6.45, 7) is 0. The molecule has 2 aliphatic heterocycles. The zero-order valence-electron chi connectivity index (χ0n) is 21.9. The molecule has 0 amide bonds. The topological polar surface area (TPSA) is 6.48 Å². The zero-order chi connectivity index (χ0) is 26.5. The van der Waals surface area contributed by atoms with Crippen molar-refractivity contribution in [3.8, 4) is 11.1 Å². The van der Waals surface area contributed by atoms with E-state index in [4.69, 9.17) is 0 Å². The SMILES string of the molecule is c1ccc2c(c1)Cc1ccccc1N2c1ccc(-c2ccc(N3c4ccccc4[Se]c4ccccc43)cc2)cc1. The van der Waals surface area contributed by atoms with Crippen LogP contribution in [0.2, 0.25) is 0 Å². The molecule has 6 aromatic rings. The second kappa shape index (κ2) is 9.57. The Morgan fingerprint density at radius 2 is 0.750 bits per heavy atom. The normalized spacial score (nSPS) is 13.2. The van der Waals surface area contributed by atoms with Crippen molar-refractivity contribution in [2.75, 3.05) is 9.80 Å². The van der Waals surface area contributed by atoms with Crippen LogP contribution in [0.15, 0.2) is 146 Å². The minimum absolute atomic E-state index is 0.320. The molecule has 0 aliphatic carbocycles. The van der Waals surface area contributed by atoms with Crippen LogP contribution in [-0.4, -0.2) is 15.0 Å². The third-order valence-electron chi connectivity index (χ3n) is 7.86. The van der Waals surface area contributed by atoms with E-state index in [9.17, 15) is 0 Å². The quantitative estimate of drug-likeness (QED) is 0.196. The molecule has 0 spiro atoms. The molecular formula is C37H26N2Se. The Bertz CT molecular complexity index is 1630. The molecule has 6 aromatic carbocycles. The van der Waals surface area contributed by atoms with Gasteiger partial charge in [-0.1, -0.05) is 36.4 Å². The Morgan fingerprint density at radius 1 is 0.375 bits per heavy atom. The van der Waals surface area contributed by atoms with Crippen molar-refractivity contribution in [2.45, 2.75) is 6.42 Å². The van der Waals surface area contributed by atoms with Gasteiger partial charge in [0.15, 0.2) is 0 Å². The summed E-state index contributed by atoms with van der Waals surface area (Å²) < 4.78 is 2.85. The van der Waals surface area contributed by atoms with Gasteiger partial charge in [0.2, 0.25) is 0 Å². The first-order valence-electron chi connectivity index (χ1n) is 13.7. The fourth-order valence-electron chi connectivity index (χ4n) is 5.96. The molecule has 2 aliphatic rings. The summed E-state index contributed by atoms with van der Waals surface area (Å²) in [5.41, 5.74) is 12.7. The molecule has 0 radical (unpaired) electrons. The number of benzene rings is 6. The van der Waals surface area contributed by atoms with E-state index in [1.165, 1.54) is 65.3 Å². The predicted molar refractivity (Wildman–Crippen MR) is 169 cm³/mol. The summed E-state index contributed by atoms with van der Waals surface area (Å²) in [6, 6.07) is 53.1. The average Bonchev–Trinajstić information content (AvgIpc) is 3.03. The van der Waals surface area contributed by atoms with Gasteiger partial charge in [-0.05, 0) is 23.3 Å². The average molecular weight is 578 g/mol. The standard InChI is InChI=1S/C37H26N2Se/c1-3-11-32-28(9-1)25-29-10-2-4-12-33(29)38(32)30-21-17-26(18-22-30)27-19-23-31(24-20-27)39-34-13-5-7-15-36(34)40-37-16-8-6-14-35(37)39/h1-24H,25H2. The third-order valence-corrected chi connectivity index (χ3v) is 10.2. The van der Waals surface area contributed by atoms with Crippen LogP contribution in [0.5, 0.6) is 0 Å². The number of anilines is 6. The number of hydrogen-bond donors (Lipinski definition) is 0. The second-order valence-corrected chi connectivity index (χ2v) is 12.5. The Labute approximate surface area is 241 Å². The van der Waals surface area contributed by atoms with Crippen molar-refractivity contribution in [1.82, 2.24) is 0 Å². The van der Waals surface area contributed by atoms with E-state index in [1.807, 2.05) is 0 Å². The molecule has 190 valence electrons. The number of fused-ring (bicyclic) bond motifs is 4. The van der Waals surface area contributed by atoms with E-state index in [0.717, 1.165) is 6.42 Å². The maximum atomic E-state index is 2.41. The summed E-state index contributed by atoms with van der Waals surface area (Å²) in [5, 5.41) is 0. The van der Waals surface area contributed by atoms with E-state index in [-0.39, 0.29) is 0 Å². The molecule has 0 aromatic heterocycles. The zero-order valence-corrected chi connectivity index (χ0v) is 23.6. The molecule has 0 saturated carbocycles. The number of nitrogens with zero attached hydrogens (tertiary/aromatic N) is 2. The van der Waals surface area contributed by atoms with E-state index < -0.39 is 0 Å². The van der Waals surface area contributed by atoms with Crippen molar-refractivity contribution in [2.24, 2.45) is 0 Å². The van der Waals surface area contributed by atoms with Gasteiger partial charge in [-0.25, -0.2) is 0 Å². The molecule has 0 fully saturated rings. The van der Waals surface area contributed by atoms with Gasteiger partial charge in [0.1, 0.15) is 0 Å². The summed E-state index contributed by atoms with van der Waals surface area (Å²) in [4.78, 5) is 4.81. The molecule has 8 rings (SSSR count). The van der Waals surface area contributed by atoms with Gasteiger partial charge >= 0.3 is 165 Å². The minimum atomic E-state index is 0.320. The van der Waals surface area contributed by atoms with Crippen molar-refractivity contribution in [3.63, 3.8) is 0 Å². The van der Waals surface area contributed by atoms with Crippen LogP contribution in [0.3, 0.4) is 0 Å². The van der Waals surface area contributed by atoms with E-state index in [1.54, 1.807) is 0 Å². The van der Waals surface area contributed by atoms with Gasteiger partial charge in [-0.2, -0.15) is 0 Å². The van der Waals surface area contributed by atoms with E-state index in [2.05, 4.69) is 155 Å². The first-order valence-corrected chi connectivity index (χ1v) is 15.4. The molecule has 0 N–H and O–H groups in total. The molecular weight excluding hydrogens is 551 g/mol. The van der Waals surface area contributed by atoms with Crippen molar-refractivity contribution < 1.29 is 0 Å². The number of hydrogen-bond acceptors (Lipinski definition) is 2. The van der Waals surface area contributed by atoms with Crippen LogP contribution >= 0.6 is 0 Å². The van der Waals surface area contributed by atoms with Gasteiger partial charge in [0.25, 0.3) is 0 Å². The number of rotatable bonds is 3. The monoisotopic (exact) mass is 578 g/mol. The Balaban J connectivity index is 1.13. The van der Waals surface area contributed by atoms with Crippen LogP contribution in [0.25, 0.3) is 11.1 Å². The van der Waals surface area contributed by atoms with Crippen LogP contribution in [0.4, 0.5) is 34.1 Å². The first kappa shape index (κ1) is 23.3. The molecule has 0 saturated heterocycles. The maximum absolute atomic E-state index is 2.41. The molecule has 0 bridgehead atoms. The van der Waals surface area contributed by atoms with Gasteiger partial charge in [-0.15, -0.1) is 0 Å². The van der Waals surface area contributed by atoms with Gasteiger partial charge in [0.05, 0.1) is 0 Å². The number of para-hydroxylation sites is 4.